The molecule has 7 aromatic carbocycles. The van der Waals surface area contributed by atoms with Crippen LogP contribution >= 0.6 is 0 Å². The highest BCUT2D eigenvalue weighted by molar-refractivity contribution is 6.22. The van der Waals surface area contributed by atoms with E-state index >= 15 is 0 Å². The molecular formula is C48H34N4. The smallest absolute Gasteiger partial charge is 0.235 e. The molecule has 0 bridgehead atoms. The lowest BCUT2D eigenvalue weighted by atomic mass is 9.71. The first-order valence-corrected chi connectivity index (χ1v) is 18.1. The number of rotatable bonds is 3. The molecule has 0 fully saturated rings. The maximum Gasteiger partial charge on any atom is 0.235 e. The topological polar surface area (TPSA) is 34.0 Å². The molecule has 2 aliphatic heterocycles. The second kappa shape index (κ2) is 10.7. The first kappa shape index (κ1) is 29.2. The van der Waals surface area contributed by atoms with Gasteiger partial charge in [-0.3, -0.25) is 4.57 Å². The van der Waals surface area contributed by atoms with Gasteiger partial charge in [0.15, 0.2) is 0 Å². The number of anilines is 3. The molecule has 9 aromatic rings. The second-order valence-electron chi connectivity index (χ2n) is 14.7. The van der Waals surface area contributed by atoms with Crippen LogP contribution in [0.15, 0.2) is 158 Å². The van der Waals surface area contributed by atoms with Crippen LogP contribution in [-0.2, 0) is 11.8 Å². The van der Waals surface area contributed by atoms with Crippen molar-refractivity contribution in [2.75, 3.05) is 4.90 Å². The van der Waals surface area contributed by atoms with Gasteiger partial charge in [0, 0.05) is 33.7 Å². The van der Waals surface area contributed by atoms with E-state index in [1.165, 1.54) is 60.9 Å². The van der Waals surface area contributed by atoms with Gasteiger partial charge in [-0.25, -0.2) is 9.97 Å². The van der Waals surface area contributed by atoms with Crippen molar-refractivity contribution in [3.05, 3.63) is 180 Å². The van der Waals surface area contributed by atoms with E-state index in [-0.39, 0.29) is 5.41 Å². The van der Waals surface area contributed by atoms with Gasteiger partial charge >= 0.3 is 0 Å². The molecule has 52 heavy (non-hydrogen) atoms. The fraction of sp³-hybridized carbons (Fsp3) is 0.0833. The Balaban J connectivity index is 1.25. The lowest BCUT2D eigenvalue weighted by molar-refractivity contribution is 0.629. The van der Waals surface area contributed by atoms with Gasteiger partial charge in [0.2, 0.25) is 5.95 Å². The average molecular weight is 667 g/mol. The van der Waals surface area contributed by atoms with E-state index in [0.29, 0.717) is 5.95 Å². The summed E-state index contributed by atoms with van der Waals surface area (Å²) in [7, 11) is 0. The number of hydrogen-bond acceptors (Lipinski definition) is 3. The standard InChI is InChI=1S/C48H34N4/c1-48(2)37-21-11-12-23-41(37)51-43-28-36-44(27-34(43)26-33-19-13-22-38(48)46(33)51)52(42-25-24-30-14-9-10-20-35(30)45(36)42)47-49-39(31-15-5-3-6-16-31)29-40(50-47)32-17-7-4-8-18-32/h3-25,27-29H,26H2,1-2H3. The summed E-state index contributed by atoms with van der Waals surface area (Å²) in [6.07, 6.45) is 0.853. The third-order valence-electron chi connectivity index (χ3n) is 11.4. The first-order valence-electron chi connectivity index (χ1n) is 18.1. The lowest BCUT2D eigenvalue weighted by Crippen LogP contribution is -2.33. The van der Waals surface area contributed by atoms with Crippen molar-refractivity contribution < 1.29 is 0 Å². The highest BCUT2D eigenvalue weighted by Gasteiger charge is 2.40. The van der Waals surface area contributed by atoms with Crippen LogP contribution in [0, 0.1) is 0 Å². The van der Waals surface area contributed by atoms with Crippen LogP contribution in [0.25, 0.3) is 61.0 Å². The van der Waals surface area contributed by atoms with E-state index in [0.717, 1.165) is 40.0 Å². The van der Waals surface area contributed by atoms with Gasteiger partial charge in [0.05, 0.1) is 39.5 Å². The van der Waals surface area contributed by atoms with Gasteiger partial charge < -0.3 is 4.90 Å². The lowest BCUT2D eigenvalue weighted by Gasteiger charge is -2.45. The molecule has 4 heteroatoms. The normalized spacial score (nSPS) is 14.0. The largest absolute Gasteiger partial charge is 0.309 e. The van der Waals surface area contributed by atoms with E-state index in [9.17, 15) is 0 Å². The summed E-state index contributed by atoms with van der Waals surface area (Å²) in [5.41, 5.74) is 15.2. The third-order valence-corrected chi connectivity index (χ3v) is 11.4. The number of para-hydroxylation sites is 2. The minimum Gasteiger partial charge on any atom is -0.309 e. The van der Waals surface area contributed by atoms with Gasteiger partial charge in [-0.1, -0.05) is 141 Å². The van der Waals surface area contributed by atoms with Gasteiger partial charge in [-0.2, -0.15) is 0 Å². The summed E-state index contributed by atoms with van der Waals surface area (Å²) in [5.74, 6) is 0.666. The summed E-state index contributed by atoms with van der Waals surface area (Å²) < 4.78 is 2.30. The Kier molecular flexibility index (Phi) is 6.04. The van der Waals surface area contributed by atoms with Crippen molar-refractivity contribution in [3.63, 3.8) is 0 Å². The Morgan fingerprint density at radius 3 is 1.96 bits per heavy atom. The maximum atomic E-state index is 5.34. The first-order chi connectivity index (χ1) is 25.5. The molecule has 2 aromatic heterocycles. The van der Waals surface area contributed by atoms with Crippen LogP contribution in [0.3, 0.4) is 0 Å². The zero-order valence-electron chi connectivity index (χ0n) is 29.0. The van der Waals surface area contributed by atoms with E-state index in [1.54, 1.807) is 0 Å². The van der Waals surface area contributed by atoms with Crippen molar-refractivity contribution in [3.8, 4) is 28.5 Å². The average Bonchev–Trinajstić information content (AvgIpc) is 3.52. The number of benzene rings is 7. The molecule has 0 saturated heterocycles. The summed E-state index contributed by atoms with van der Waals surface area (Å²) in [6.45, 7) is 4.73. The third kappa shape index (κ3) is 4.09. The summed E-state index contributed by atoms with van der Waals surface area (Å²) in [6, 6.07) is 56.9. The van der Waals surface area contributed by atoms with E-state index in [4.69, 9.17) is 9.97 Å². The minimum atomic E-state index is -0.107. The number of nitrogens with zero attached hydrogens (tertiary/aromatic N) is 4. The van der Waals surface area contributed by atoms with E-state index in [1.807, 2.05) is 12.1 Å². The van der Waals surface area contributed by atoms with Gasteiger partial charge in [0.1, 0.15) is 0 Å². The predicted molar refractivity (Wildman–Crippen MR) is 214 cm³/mol. The van der Waals surface area contributed by atoms with Crippen molar-refractivity contribution in [1.82, 2.24) is 14.5 Å². The highest BCUT2D eigenvalue weighted by atomic mass is 15.2. The molecule has 0 aliphatic carbocycles. The molecule has 4 nitrogen and oxygen atoms in total. The van der Waals surface area contributed by atoms with Gasteiger partial charge in [-0.15, -0.1) is 0 Å². The fourth-order valence-electron chi connectivity index (χ4n) is 8.90. The van der Waals surface area contributed by atoms with Gasteiger partial charge in [-0.05, 0) is 63.4 Å². The predicted octanol–water partition coefficient (Wildman–Crippen LogP) is 12.1. The molecule has 0 atom stereocenters. The van der Waals surface area contributed by atoms with Crippen LogP contribution in [0.1, 0.15) is 36.1 Å². The number of aromatic nitrogens is 3. The Labute approximate surface area is 302 Å². The zero-order valence-corrected chi connectivity index (χ0v) is 29.0. The van der Waals surface area contributed by atoms with Crippen molar-refractivity contribution in [2.45, 2.75) is 25.7 Å². The van der Waals surface area contributed by atoms with Crippen molar-refractivity contribution >= 4 is 49.6 Å². The summed E-state index contributed by atoms with van der Waals surface area (Å²) in [5, 5.41) is 4.86. The fourth-order valence-corrected chi connectivity index (χ4v) is 8.90. The monoisotopic (exact) mass is 666 g/mol. The Bertz CT molecular complexity index is 2850. The van der Waals surface area contributed by atoms with Crippen LogP contribution in [0.5, 0.6) is 0 Å². The molecule has 246 valence electrons. The van der Waals surface area contributed by atoms with Crippen LogP contribution in [0.4, 0.5) is 17.1 Å². The molecule has 0 radical (unpaired) electrons. The molecule has 0 unspecified atom stereocenters. The van der Waals surface area contributed by atoms with Crippen LogP contribution in [0.2, 0.25) is 0 Å². The molecule has 4 heterocycles. The Hall–Kier alpha value is -6.52. The second-order valence-corrected chi connectivity index (χ2v) is 14.7. The quantitative estimate of drug-likeness (QED) is 0.188. The molecule has 0 saturated carbocycles. The number of fused-ring (bicyclic) bond motifs is 9. The Morgan fingerprint density at radius 1 is 0.519 bits per heavy atom. The van der Waals surface area contributed by atoms with Crippen molar-refractivity contribution in [1.29, 1.82) is 0 Å². The molecule has 0 N–H and O–H groups in total. The van der Waals surface area contributed by atoms with Crippen molar-refractivity contribution in [2.24, 2.45) is 0 Å². The van der Waals surface area contributed by atoms with Crippen LogP contribution in [-0.4, -0.2) is 14.5 Å². The van der Waals surface area contributed by atoms with E-state index in [2.05, 4.69) is 169 Å². The minimum absolute atomic E-state index is 0.107. The maximum absolute atomic E-state index is 5.34. The Morgan fingerprint density at radius 2 is 1.19 bits per heavy atom. The highest BCUT2D eigenvalue weighted by Crippen LogP contribution is 2.56. The number of hydrogen-bond donors (Lipinski definition) is 0. The molecular weight excluding hydrogens is 633 g/mol. The summed E-state index contributed by atoms with van der Waals surface area (Å²) >= 11 is 0. The SMILES string of the molecule is CC1(C)c2ccccc2N2c3cc4c5c6ccccc6ccc5n(-c5nc(-c6ccccc6)cc(-c6ccccc6)n5)c4cc3Cc3cccc1c32. The molecule has 0 spiro atoms. The zero-order chi connectivity index (χ0) is 34.6. The molecule has 0 amide bonds. The molecule has 11 rings (SSSR count). The summed E-state index contributed by atoms with van der Waals surface area (Å²) in [4.78, 5) is 13.2. The van der Waals surface area contributed by atoms with E-state index < -0.39 is 0 Å². The molecule has 2 aliphatic rings. The van der Waals surface area contributed by atoms with Crippen LogP contribution < -0.4 is 4.90 Å². The van der Waals surface area contributed by atoms with Gasteiger partial charge in [0.25, 0.3) is 0 Å².